The van der Waals surface area contributed by atoms with Crippen molar-refractivity contribution in [3.8, 4) is 0 Å². The molecule has 4 nitrogen and oxygen atoms in total. The Bertz CT molecular complexity index is 237. The van der Waals surface area contributed by atoms with Gasteiger partial charge >= 0.3 is 0 Å². The first-order chi connectivity index (χ1) is 8.70. The summed E-state index contributed by atoms with van der Waals surface area (Å²) in [4.78, 5) is 5.26. The van der Waals surface area contributed by atoms with Crippen molar-refractivity contribution >= 4 is 0 Å². The van der Waals surface area contributed by atoms with Gasteiger partial charge in [0.05, 0.1) is 12.7 Å². The number of ether oxygens (including phenoxy) is 1. The van der Waals surface area contributed by atoms with Gasteiger partial charge in [0.2, 0.25) is 0 Å². The first-order valence-electron chi connectivity index (χ1n) is 7.45. The van der Waals surface area contributed by atoms with Crippen molar-refractivity contribution in [1.29, 1.82) is 0 Å². The molecule has 0 aromatic rings. The lowest BCUT2D eigenvalue weighted by Gasteiger charge is -2.43. The van der Waals surface area contributed by atoms with E-state index in [-0.39, 0.29) is 0 Å². The zero-order valence-corrected chi connectivity index (χ0v) is 12.2. The summed E-state index contributed by atoms with van der Waals surface area (Å²) in [6.45, 7) is 11.2. The van der Waals surface area contributed by atoms with Crippen LogP contribution in [-0.4, -0.2) is 74.4 Å². The fourth-order valence-corrected chi connectivity index (χ4v) is 3.19. The molecule has 4 heteroatoms. The van der Waals surface area contributed by atoms with Crippen LogP contribution in [0.5, 0.6) is 0 Å². The van der Waals surface area contributed by atoms with E-state index in [4.69, 9.17) is 4.74 Å². The van der Waals surface area contributed by atoms with Gasteiger partial charge < -0.3 is 15.0 Å². The average molecular weight is 255 g/mol. The molecule has 0 saturated carbocycles. The SMILES string of the molecule is CNCC1CN(C2CCN(C(C)C)CC2)CCO1. The molecule has 0 aromatic carbocycles. The molecule has 106 valence electrons. The molecule has 2 saturated heterocycles. The van der Waals surface area contributed by atoms with Crippen molar-refractivity contribution < 1.29 is 4.74 Å². The number of piperidine rings is 1. The summed E-state index contributed by atoms with van der Waals surface area (Å²) in [5.74, 6) is 0. The van der Waals surface area contributed by atoms with Crippen LogP contribution in [0.1, 0.15) is 26.7 Å². The van der Waals surface area contributed by atoms with E-state index in [2.05, 4.69) is 29.0 Å². The van der Waals surface area contributed by atoms with Gasteiger partial charge in [-0.25, -0.2) is 0 Å². The molecule has 2 aliphatic rings. The second-order valence-corrected chi connectivity index (χ2v) is 5.91. The molecular formula is C14H29N3O. The van der Waals surface area contributed by atoms with Crippen LogP contribution < -0.4 is 5.32 Å². The monoisotopic (exact) mass is 255 g/mol. The van der Waals surface area contributed by atoms with Gasteiger partial charge in [0.1, 0.15) is 0 Å². The van der Waals surface area contributed by atoms with Gasteiger partial charge in [-0.2, -0.15) is 0 Å². The molecule has 1 N–H and O–H groups in total. The number of nitrogens with zero attached hydrogens (tertiary/aromatic N) is 2. The third-order valence-corrected chi connectivity index (χ3v) is 4.35. The predicted molar refractivity (Wildman–Crippen MR) is 75.0 cm³/mol. The summed E-state index contributed by atoms with van der Waals surface area (Å²) >= 11 is 0. The van der Waals surface area contributed by atoms with Crippen molar-refractivity contribution in [2.24, 2.45) is 0 Å². The number of likely N-dealkylation sites (tertiary alicyclic amines) is 1. The van der Waals surface area contributed by atoms with E-state index in [1.165, 1.54) is 25.9 Å². The number of rotatable bonds is 4. The zero-order chi connectivity index (χ0) is 13.0. The Labute approximate surface area is 112 Å². The van der Waals surface area contributed by atoms with Crippen LogP contribution in [0.25, 0.3) is 0 Å². The highest BCUT2D eigenvalue weighted by atomic mass is 16.5. The van der Waals surface area contributed by atoms with Crippen molar-refractivity contribution in [3.05, 3.63) is 0 Å². The van der Waals surface area contributed by atoms with Crippen molar-refractivity contribution in [1.82, 2.24) is 15.1 Å². The Balaban J connectivity index is 1.78. The molecule has 0 spiro atoms. The van der Waals surface area contributed by atoms with Crippen LogP contribution in [0.15, 0.2) is 0 Å². The highest BCUT2D eigenvalue weighted by Gasteiger charge is 2.29. The van der Waals surface area contributed by atoms with Crippen LogP contribution in [-0.2, 0) is 4.74 Å². The van der Waals surface area contributed by atoms with Gasteiger partial charge in [0.25, 0.3) is 0 Å². The Hall–Kier alpha value is -0.160. The van der Waals surface area contributed by atoms with E-state index < -0.39 is 0 Å². The van der Waals surface area contributed by atoms with E-state index in [9.17, 15) is 0 Å². The molecule has 0 aliphatic carbocycles. The van der Waals surface area contributed by atoms with E-state index in [1.54, 1.807) is 0 Å². The Morgan fingerprint density at radius 1 is 1.22 bits per heavy atom. The van der Waals surface area contributed by atoms with Crippen LogP contribution in [0, 0.1) is 0 Å². The summed E-state index contributed by atoms with van der Waals surface area (Å²) < 4.78 is 5.78. The number of likely N-dealkylation sites (N-methyl/N-ethyl adjacent to an activating group) is 1. The van der Waals surface area contributed by atoms with Gasteiger partial charge in [-0.15, -0.1) is 0 Å². The summed E-state index contributed by atoms with van der Waals surface area (Å²) in [6.07, 6.45) is 3.03. The summed E-state index contributed by atoms with van der Waals surface area (Å²) in [6, 6.07) is 1.48. The highest BCUT2D eigenvalue weighted by Crippen LogP contribution is 2.20. The van der Waals surface area contributed by atoms with Crippen LogP contribution in [0.2, 0.25) is 0 Å². The lowest BCUT2D eigenvalue weighted by Crippen LogP contribution is -2.53. The minimum atomic E-state index is 0.381. The van der Waals surface area contributed by atoms with Gasteiger partial charge in [-0.1, -0.05) is 0 Å². The first-order valence-corrected chi connectivity index (χ1v) is 7.45. The predicted octanol–water partition coefficient (Wildman–Crippen LogP) is 0.779. The van der Waals surface area contributed by atoms with E-state index >= 15 is 0 Å². The second kappa shape index (κ2) is 6.85. The molecule has 0 amide bonds. The smallest absolute Gasteiger partial charge is 0.0826 e. The normalized spacial score (nSPS) is 29.0. The van der Waals surface area contributed by atoms with Crippen molar-refractivity contribution in [2.45, 2.75) is 44.9 Å². The topological polar surface area (TPSA) is 27.7 Å². The van der Waals surface area contributed by atoms with Gasteiger partial charge in [0, 0.05) is 31.7 Å². The summed E-state index contributed by atoms with van der Waals surface area (Å²) in [5, 5.41) is 3.22. The molecular weight excluding hydrogens is 226 g/mol. The fraction of sp³-hybridized carbons (Fsp3) is 1.00. The quantitative estimate of drug-likeness (QED) is 0.803. The van der Waals surface area contributed by atoms with Gasteiger partial charge in [-0.05, 0) is 46.8 Å². The third kappa shape index (κ3) is 3.67. The molecule has 2 heterocycles. The van der Waals surface area contributed by atoms with E-state index in [0.29, 0.717) is 12.1 Å². The fourth-order valence-electron chi connectivity index (χ4n) is 3.19. The highest BCUT2D eigenvalue weighted by molar-refractivity contribution is 4.84. The molecule has 1 atom stereocenters. The molecule has 2 aliphatic heterocycles. The van der Waals surface area contributed by atoms with Crippen LogP contribution in [0.4, 0.5) is 0 Å². The molecule has 1 unspecified atom stereocenters. The molecule has 0 radical (unpaired) electrons. The maximum Gasteiger partial charge on any atom is 0.0826 e. The van der Waals surface area contributed by atoms with Crippen molar-refractivity contribution in [3.63, 3.8) is 0 Å². The minimum absolute atomic E-state index is 0.381. The summed E-state index contributed by atoms with van der Waals surface area (Å²) in [5.41, 5.74) is 0. The standard InChI is InChI=1S/C14H29N3O/c1-12(2)16-6-4-13(5-7-16)17-8-9-18-14(11-17)10-15-3/h12-15H,4-11H2,1-3H3. The molecule has 2 rings (SSSR count). The lowest BCUT2D eigenvalue weighted by atomic mass is 10.0. The number of nitrogens with one attached hydrogen (secondary N) is 1. The van der Waals surface area contributed by atoms with Crippen molar-refractivity contribution in [2.75, 3.05) is 46.4 Å². The Morgan fingerprint density at radius 3 is 2.56 bits per heavy atom. The number of hydrogen-bond donors (Lipinski definition) is 1. The maximum absolute atomic E-state index is 5.78. The van der Waals surface area contributed by atoms with Gasteiger partial charge in [-0.3, -0.25) is 4.90 Å². The largest absolute Gasteiger partial charge is 0.374 e. The Morgan fingerprint density at radius 2 is 1.94 bits per heavy atom. The lowest BCUT2D eigenvalue weighted by molar-refractivity contribution is -0.0510. The summed E-state index contributed by atoms with van der Waals surface area (Å²) in [7, 11) is 2.00. The average Bonchev–Trinajstić information content (AvgIpc) is 2.39. The maximum atomic E-state index is 5.78. The number of hydrogen-bond acceptors (Lipinski definition) is 4. The number of morpholine rings is 1. The minimum Gasteiger partial charge on any atom is -0.374 e. The third-order valence-electron chi connectivity index (χ3n) is 4.35. The van der Waals surface area contributed by atoms with Crippen LogP contribution in [0.3, 0.4) is 0 Å². The second-order valence-electron chi connectivity index (χ2n) is 5.91. The zero-order valence-electron chi connectivity index (χ0n) is 12.2. The molecule has 18 heavy (non-hydrogen) atoms. The van der Waals surface area contributed by atoms with Gasteiger partial charge in [0.15, 0.2) is 0 Å². The first kappa shape index (κ1) is 14.3. The van der Waals surface area contributed by atoms with E-state index in [0.717, 1.165) is 32.3 Å². The van der Waals surface area contributed by atoms with E-state index in [1.807, 2.05) is 7.05 Å². The van der Waals surface area contributed by atoms with Crippen LogP contribution >= 0.6 is 0 Å². The molecule has 2 fully saturated rings. The molecule has 0 aromatic heterocycles. The molecule has 0 bridgehead atoms. The Kier molecular flexibility index (Phi) is 5.42.